The summed E-state index contributed by atoms with van der Waals surface area (Å²) in [5, 5.41) is 12.5. The first-order valence-electron chi connectivity index (χ1n) is 7.86. The van der Waals surface area contributed by atoms with E-state index < -0.39 is 0 Å². The van der Waals surface area contributed by atoms with Crippen LogP contribution >= 0.6 is 0 Å². The second-order valence-corrected chi connectivity index (χ2v) is 5.93. The van der Waals surface area contributed by atoms with Crippen LogP contribution < -0.4 is 5.32 Å². The highest BCUT2D eigenvalue weighted by Crippen LogP contribution is 2.27. The highest BCUT2D eigenvalue weighted by atomic mass is 16.3. The Morgan fingerprint density at radius 1 is 1.35 bits per heavy atom. The van der Waals surface area contributed by atoms with Crippen molar-refractivity contribution in [2.24, 2.45) is 0 Å². The predicted octanol–water partition coefficient (Wildman–Crippen LogP) is 2.14. The zero-order valence-corrected chi connectivity index (χ0v) is 12.8. The molecule has 0 aliphatic carbocycles. The lowest BCUT2D eigenvalue weighted by atomic mass is 9.87. The largest absolute Gasteiger partial charge is 0.396 e. The van der Waals surface area contributed by atoms with Crippen molar-refractivity contribution in [3.8, 4) is 0 Å². The molecule has 0 saturated carbocycles. The Labute approximate surface area is 123 Å². The number of nitrogens with one attached hydrogen (secondary N) is 1. The Kier molecular flexibility index (Phi) is 6.02. The molecule has 1 aliphatic heterocycles. The van der Waals surface area contributed by atoms with Crippen LogP contribution in [0.5, 0.6) is 0 Å². The normalized spacial score (nSPS) is 23.9. The molecular weight excluding hydrogens is 248 g/mol. The number of rotatable bonds is 6. The van der Waals surface area contributed by atoms with E-state index in [1.807, 2.05) is 0 Å². The van der Waals surface area contributed by atoms with Gasteiger partial charge in [0, 0.05) is 25.7 Å². The second-order valence-electron chi connectivity index (χ2n) is 5.93. The van der Waals surface area contributed by atoms with Gasteiger partial charge in [-0.3, -0.25) is 0 Å². The van der Waals surface area contributed by atoms with Crippen LogP contribution in [0.3, 0.4) is 0 Å². The number of likely N-dealkylation sites (tertiary alicyclic amines) is 1. The average Bonchev–Trinajstić information content (AvgIpc) is 2.47. The van der Waals surface area contributed by atoms with E-state index in [-0.39, 0.29) is 6.61 Å². The van der Waals surface area contributed by atoms with Crippen LogP contribution in [-0.4, -0.2) is 48.8 Å². The number of hydrogen-bond donors (Lipinski definition) is 2. The van der Waals surface area contributed by atoms with Gasteiger partial charge in [-0.1, -0.05) is 36.8 Å². The van der Waals surface area contributed by atoms with Crippen molar-refractivity contribution >= 4 is 0 Å². The van der Waals surface area contributed by atoms with Crippen molar-refractivity contribution < 1.29 is 5.11 Å². The van der Waals surface area contributed by atoms with Gasteiger partial charge in [-0.2, -0.15) is 0 Å². The maximum absolute atomic E-state index is 8.90. The smallest absolute Gasteiger partial charge is 0.0443 e. The fraction of sp³-hybridized carbons (Fsp3) is 0.647. The van der Waals surface area contributed by atoms with E-state index in [2.05, 4.69) is 48.3 Å². The van der Waals surface area contributed by atoms with Crippen molar-refractivity contribution in [1.82, 2.24) is 10.2 Å². The molecule has 20 heavy (non-hydrogen) atoms. The average molecular weight is 276 g/mol. The standard InChI is InChI=1S/C17H28N2O/c1-3-19-12-16(15-7-4-6-14(2)10-15)11-17(13-19)18-8-5-9-20/h4,6-7,10,16-18,20H,3,5,8-9,11-13H2,1-2H3. The molecule has 1 fully saturated rings. The van der Waals surface area contributed by atoms with Gasteiger partial charge in [0.05, 0.1) is 0 Å². The lowest BCUT2D eigenvalue weighted by molar-refractivity contribution is 0.176. The Morgan fingerprint density at radius 3 is 2.90 bits per heavy atom. The first-order valence-corrected chi connectivity index (χ1v) is 7.86. The zero-order chi connectivity index (χ0) is 14.4. The summed E-state index contributed by atoms with van der Waals surface area (Å²) < 4.78 is 0. The molecule has 0 spiro atoms. The van der Waals surface area contributed by atoms with Crippen LogP contribution in [0.1, 0.15) is 36.8 Å². The molecule has 1 aliphatic rings. The Hall–Kier alpha value is -0.900. The SMILES string of the molecule is CCN1CC(NCCCO)CC(c2cccc(C)c2)C1. The third-order valence-electron chi connectivity index (χ3n) is 4.25. The molecule has 3 nitrogen and oxygen atoms in total. The van der Waals surface area contributed by atoms with Gasteiger partial charge in [0.25, 0.3) is 0 Å². The fourth-order valence-electron chi connectivity index (χ4n) is 3.15. The molecule has 1 aromatic carbocycles. The summed E-state index contributed by atoms with van der Waals surface area (Å²) in [4.78, 5) is 2.53. The van der Waals surface area contributed by atoms with Crippen molar-refractivity contribution in [2.45, 2.75) is 38.6 Å². The van der Waals surface area contributed by atoms with Crippen LogP contribution in [0.15, 0.2) is 24.3 Å². The van der Waals surface area contributed by atoms with Crippen LogP contribution in [0.25, 0.3) is 0 Å². The molecule has 3 heteroatoms. The molecule has 0 amide bonds. The quantitative estimate of drug-likeness (QED) is 0.782. The molecule has 2 rings (SSSR count). The molecular formula is C17H28N2O. The second kappa shape index (κ2) is 7.77. The topological polar surface area (TPSA) is 35.5 Å². The summed E-state index contributed by atoms with van der Waals surface area (Å²) in [5.41, 5.74) is 2.82. The van der Waals surface area contributed by atoms with Crippen molar-refractivity contribution in [2.75, 3.05) is 32.8 Å². The van der Waals surface area contributed by atoms with E-state index in [9.17, 15) is 0 Å². The molecule has 2 atom stereocenters. The fourth-order valence-corrected chi connectivity index (χ4v) is 3.15. The van der Waals surface area contributed by atoms with Crippen LogP contribution in [-0.2, 0) is 0 Å². The van der Waals surface area contributed by atoms with Gasteiger partial charge in [-0.15, -0.1) is 0 Å². The summed E-state index contributed by atoms with van der Waals surface area (Å²) in [6.07, 6.45) is 2.04. The van der Waals surface area contributed by atoms with Gasteiger partial charge >= 0.3 is 0 Å². The van der Waals surface area contributed by atoms with Crippen LogP contribution in [0.4, 0.5) is 0 Å². The van der Waals surface area contributed by atoms with E-state index in [0.29, 0.717) is 12.0 Å². The molecule has 0 aromatic heterocycles. The van der Waals surface area contributed by atoms with E-state index in [1.54, 1.807) is 0 Å². The van der Waals surface area contributed by atoms with Crippen molar-refractivity contribution in [3.63, 3.8) is 0 Å². The first kappa shape index (κ1) is 15.5. The number of hydrogen-bond acceptors (Lipinski definition) is 3. The number of likely N-dealkylation sites (N-methyl/N-ethyl adjacent to an activating group) is 1. The lowest BCUT2D eigenvalue weighted by Gasteiger charge is -2.38. The highest BCUT2D eigenvalue weighted by Gasteiger charge is 2.27. The van der Waals surface area contributed by atoms with Crippen molar-refractivity contribution in [3.05, 3.63) is 35.4 Å². The van der Waals surface area contributed by atoms with Gasteiger partial charge in [-0.25, -0.2) is 0 Å². The molecule has 112 valence electrons. The number of piperidine rings is 1. The summed E-state index contributed by atoms with van der Waals surface area (Å²) in [6, 6.07) is 9.47. The Bertz CT molecular complexity index is 408. The maximum atomic E-state index is 8.90. The predicted molar refractivity (Wildman–Crippen MR) is 84.1 cm³/mol. The van der Waals surface area contributed by atoms with Gasteiger partial charge in [-0.05, 0) is 44.3 Å². The number of benzene rings is 1. The van der Waals surface area contributed by atoms with Crippen LogP contribution in [0.2, 0.25) is 0 Å². The van der Waals surface area contributed by atoms with E-state index in [4.69, 9.17) is 5.11 Å². The van der Waals surface area contributed by atoms with E-state index in [0.717, 1.165) is 32.6 Å². The highest BCUT2D eigenvalue weighted by molar-refractivity contribution is 5.26. The molecule has 2 unspecified atom stereocenters. The minimum absolute atomic E-state index is 0.276. The third kappa shape index (κ3) is 4.30. The Morgan fingerprint density at radius 2 is 2.20 bits per heavy atom. The molecule has 1 heterocycles. The van der Waals surface area contributed by atoms with Crippen molar-refractivity contribution in [1.29, 1.82) is 0 Å². The minimum Gasteiger partial charge on any atom is -0.396 e. The third-order valence-corrected chi connectivity index (χ3v) is 4.25. The maximum Gasteiger partial charge on any atom is 0.0443 e. The summed E-state index contributed by atoms with van der Waals surface area (Å²) >= 11 is 0. The Balaban J connectivity index is 2.01. The van der Waals surface area contributed by atoms with Gasteiger partial charge in [0.2, 0.25) is 0 Å². The van der Waals surface area contributed by atoms with Gasteiger partial charge < -0.3 is 15.3 Å². The zero-order valence-electron chi connectivity index (χ0n) is 12.8. The lowest BCUT2D eigenvalue weighted by Crippen LogP contribution is -2.48. The van der Waals surface area contributed by atoms with Gasteiger partial charge in [0.15, 0.2) is 0 Å². The number of aliphatic hydroxyl groups is 1. The van der Waals surface area contributed by atoms with E-state index in [1.165, 1.54) is 17.5 Å². The molecule has 0 radical (unpaired) electrons. The molecule has 0 bridgehead atoms. The molecule has 1 saturated heterocycles. The summed E-state index contributed by atoms with van der Waals surface area (Å²) in [7, 11) is 0. The molecule has 2 N–H and O–H groups in total. The minimum atomic E-state index is 0.276. The van der Waals surface area contributed by atoms with Crippen LogP contribution in [0, 0.1) is 6.92 Å². The van der Waals surface area contributed by atoms with E-state index >= 15 is 0 Å². The first-order chi connectivity index (χ1) is 9.72. The molecule has 1 aromatic rings. The number of aryl methyl sites for hydroxylation is 1. The summed E-state index contributed by atoms with van der Waals surface area (Å²) in [5.74, 6) is 0.621. The number of aliphatic hydroxyl groups excluding tert-OH is 1. The number of nitrogens with zero attached hydrogens (tertiary/aromatic N) is 1. The van der Waals surface area contributed by atoms with Gasteiger partial charge in [0.1, 0.15) is 0 Å². The monoisotopic (exact) mass is 276 g/mol. The summed E-state index contributed by atoms with van der Waals surface area (Å²) in [6.45, 7) is 9.00.